The molecule has 0 spiro atoms. The van der Waals surface area contributed by atoms with Gasteiger partial charge >= 0.3 is 11.5 Å². The monoisotopic (exact) mass is 816 g/mol. The van der Waals surface area contributed by atoms with E-state index in [1.807, 2.05) is 0 Å². The Balaban J connectivity index is 1.44. The van der Waals surface area contributed by atoms with Gasteiger partial charge in [-0.1, -0.05) is 13.8 Å². The Morgan fingerprint density at radius 1 is 0.724 bits per heavy atom. The third-order valence-electron chi connectivity index (χ3n) is 9.99. The average molecular weight is 817 g/mol. The minimum atomic E-state index is -5.74. The highest BCUT2D eigenvalue weighted by atomic mass is 32.2. The summed E-state index contributed by atoms with van der Waals surface area (Å²) in [6, 6.07) is 17.9. The second-order valence-corrected chi connectivity index (χ2v) is 15.1. The topological polar surface area (TPSA) is 186 Å². The van der Waals surface area contributed by atoms with Gasteiger partial charge < -0.3 is 25.4 Å². The number of aromatic nitrogens is 2. The number of carbonyl (C=O) groups excluding carboxylic acids is 4. The molecule has 3 aromatic carbocycles. The number of carbonyl (C=O) groups is 4. The lowest BCUT2D eigenvalue weighted by Gasteiger charge is -2.39. The summed E-state index contributed by atoms with van der Waals surface area (Å²) in [6.07, 6.45) is 5.60. The quantitative estimate of drug-likeness (QED) is 0.115. The standard InChI is InChI=1S/C40H35F3N6O8S/c1-23(31-17-19-44-21-33(31)46-35(50)25-5-11-28(56-3)12-6-25)39(24(2)32-18-20-45-22-34(32)47-36(51)26-7-13-29(57-4)14-8-26)37(52)49(38(53)48-39)27-9-15-30(16-10-27)58(54,55)40(41,42)43/h5-24H,1-4H3,(H,46,50)(H,47,51)(H,48,53). The highest BCUT2D eigenvalue weighted by molar-refractivity contribution is 7.92. The Morgan fingerprint density at radius 3 is 1.55 bits per heavy atom. The zero-order valence-electron chi connectivity index (χ0n) is 31.2. The number of amides is 5. The summed E-state index contributed by atoms with van der Waals surface area (Å²) in [5.74, 6) is -2.91. The first-order valence-corrected chi connectivity index (χ1v) is 18.9. The molecule has 5 aromatic rings. The first kappa shape index (κ1) is 40.8. The van der Waals surface area contributed by atoms with Crippen LogP contribution >= 0.6 is 0 Å². The van der Waals surface area contributed by atoms with E-state index in [0.717, 1.165) is 12.1 Å². The number of urea groups is 1. The van der Waals surface area contributed by atoms with E-state index in [-0.39, 0.29) is 28.2 Å². The SMILES string of the molecule is COc1ccc(C(=O)Nc2cnccc2C(C)C2(C(C)c3ccncc3NC(=O)c3ccc(OC)cc3)NC(=O)N(c3ccc(S(=O)(=O)C(F)(F)F)cc3)C2=O)cc1. The van der Waals surface area contributed by atoms with E-state index in [0.29, 0.717) is 39.7 Å². The van der Waals surface area contributed by atoms with Gasteiger partial charge in [-0.2, -0.15) is 13.2 Å². The summed E-state index contributed by atoms with van der Waals surface area (Å²) in [4.78, 5) is 64.0. The highest BCUT2D eigenvalue weighted by Gasteiger charge is 2.59. The number of rotatable bonds is 12. The number of sulfone groups is 1. The van der Waals surface area contributed by atoms with Crippen LogP contribution in [0.3, 0.4) is 0 Å². The lowest BCUT2D eigenvalue weighted by molar-refractivity contribution is -0.123. The molecule has 1 saturated heterocycles. The number of alkyl halides is 3. The normalized spacial score (nSPS) is 16.6. The van der Waals surface area contributed by atoms with Crippen molar-refractivity contribution in [2.75, 3.05) is 29.8 Å². The van der Waals surface area contributed by atoms with Gasteiger partial charge in [-0.3, -0.25) is 24.4 Å². The zero-order chi connectivity index (χ0) is 42.0. The second-order valence-electron chi connectivity index (χ2n) is 13.1. The van der Waals surface area contributed by atoms with Crippen molar-refractivity contribution in [1.82, 2.24) is 15.3 Å². The maximum Gasteiger partial charge on any atom is 0.501 e. The van der Waals surface area contributed by atoms with Gasteiger partial charge in [0.05, 0.1) is 48.6 Å². The van der Waals surface area contributed by atoms with E-state index in [4.69, 9.17) is 9.47 Å². The van der Waals surface area contributed by atoms with Crippen molar-refractivity contribution in [2.24, 2.45) is 0 Å². The Bertz CT molecular complexity index is 2370. The van der Waals surface area contributed by atoms with E-state index in [9.17, 15) is 36.0 Å². The number of hydrogen-bond donors (Lipinski definition) is 3. The van der Waals surface area contributed by atoms with Crippen molar-refractivity contribution in [2.45, 2.75) is 41.6 Å². The van der Waals surface area contributed by atoms with Crippen molar-refractivity contribution in [1.29, 1.82) is 0 Å². The van der Waals surface area contributed by atoms with Crippen LogP contribution in [0.1, 0.15) is 57.5 Å². The van der Waals surface area contributed by atoms with Gasteiger partial charge in [0.2, 0.25) is 0 Å². The van der Waals surface area contributed by atoms with E-state index in [2.05, 4.69) is 25.9 Å². The number of imide groups is 1. The highest BCUT2D eigenvalue weighted by Crippen LogP contribution is 2.47. The van der Waals surface area contributed by atoms with Crippen molar-refractivity contribution in [3.63, 3.8) is 0 Å². The number of benzene rings is 3. The van der Waals surface area contributed by atoms with Gasteiger partial charge in [0.15, 0.2) is 0 Å². The van der Waals surface area contributed by atoms with E-state index in [1.165, 1.54) is 39.0 Å². The Kier molecular flexibility index (Phi) is 11.2. The Morgan fingerprint density at radius 2 is 1.16 bits per heavy atom. The van der Waals surface area contributed by atoms with E-state index in [1.54, 1.807) is 74.5 Å². The maximum absolute atomic E-state index is 15.1. The summed E-state index contributed by atoms with van der Waals surface area (Å²) in [7, 11) is -2.77. The van der Waals surface area contributed by atoms with Crippen LogP contribution in [0.4, 0.5) is 35.0 Å². The van der Waals surface area contributed by atoms with Crippen molar-refractivity contribution in [3.8, 4) is 11.5 Å². The van der Waals surface area contributed by atoms with Gasteiger partial charge in [0.25, 0.3) is 27.6 Å². The van der Waals surface area contributed by atoms with Gasteiger partial charge in [0, 0.05) is 35.4 Å². The number of halogens is 3. The summed E-state index contributed by atoms with van der Waals surface area (Å²) in [5, 5.41) is 8.48. The van der Waals surface area contributed by atoms with Crippen molar-refractivity contribution in [3.05, 3.63) is 132 Å². The lowest BCUT2D eigenvalue weighted by atomic mass is 9.69. The number of nitrogens with zero attached hydrogens (tertiary/aromatic N) is 3. The molecule has 1 aliphatic rings. The summed E-state index contributed by atoms with van der Waals surface area (Å²) >= 11 is 0. The Hall–Kier alpha value is -6.82. The molecule has 0 saturated carbocycles. The van der Waals surface area contributed by atoms with E-state index < -0.39 is 61.4 Å². The van der Waals surface area contributed by atoms with Gasteiger partial charge in [-0.25, -0.2) is 18.1 Å². The van der Waals surface area contributed by atoms with Crippen LogP contribution in [0, 0.1) is 0 Å². The van der Waals surface area contributed by atoms with Crippen LogP contribution in [-0.4, -0.2) is 67.4 Å². The molecule has 6 rings (SSSR count). The lowest BCUT2D eigenvalue weighted by Crippen LogP contribution is -2.55. The van der Waals surface area contributed by atoms with Gasteiger partial charge in [0.1, 0.15) is 17.0 Å². The molecular weight excluding hydrogens is 782 g/mol. The predicted octanol–water partition coefficient (Wildman–Crippen LogP) is 6.69. The first-order valence-electron chi connectivity index (χ1n) is 17.4. The molecule has 0 aliphatic carbocycles. The van der Waals surface area contributed by atoms with Gasteiger partial charge in [-0.15, -0.1) is 0 Å². The molecule has 18 heteroatoms. The third kappa shape index (κ3) is 7.52. The molecule has 14 nitrogen and oxygen atoms in total. The molecule has 2 unspecified atom stereocenters. The molecule has 58 heavy (non-hydrogen) atoms. The van der Waals surface area contributed by atoms with Crippen molar-refractivity contribution < 1.29 is 50.2 Å². The van der Waals surface area contributed by atoms with Crippen LogP contribution < -0.4 is 30.3 Å². The third-order valence-corrected chi connectivity index (χ3v) is 11.5. The zero-order valence-corrected chi connectivity index (χ0v) is 32.0. The summed E-state index contributed by atoms with van der Waals surface area (Å²) in [5.41, 5.74) is -6.15. The molecule has 5 amide bonds. The maximum atomic E-state index is 15.1. The Labute approximate surface area is 330 Å². The molecule has 2 atom stereocenters. The fourth-order valence-corrected chi connectivity index (χ4v) is 7.57. The second kappa shape index (κ2) is 16.0. The van der Waals surface area contributed by atoms with Crippen LogP contribution in [0.5, 0.6) is 11.5 Å². The fraction of sp³-hybridized carbons (Fsp3) is 0.200. The van der Waals surface area contributed by atoms with Crippen LogP contribution in [0.2, 0.25) is 0 Å². The molecule has 3 heterocycles. The molecule has 0 bridgehead atoms. The molecule has 1 aliphatic heterocycles. The predicted molar refractivity (Wildman–Crippen MR) is 206 cm³/mol. The number of ether oxygens (including phenoxy) is 2. The largest absolute Gasteiger partial charge is 0.501 e. The van der Waals surface area contributed by atoms with E-state index >= 15 is 4.79 Å². The van der Waals surface area contributed by atoms with Crippen LogP contribution in [0.25, 0.3) is 0 Å². The molecule has 0 radical (unpaired) electrons. The molecule has 1 fully saturated rings. The van der Waals surface area contributed by atoms with Crippen LogP contribution in [0.15, 0.2) is 115 Å². The number of hydrogen-bond acceptors (Lipinski definition) is 10. The van der Waals surface area contributed by atoms with Gasteiger partial charge in [-0.05, 0) is 96.1 Å². The number of methoxy groups -OCH3 is 2. The van der Waals surface area contributed by atoms with Crippen molar-refractivity contribution >= 4 is 50.7 Å². The summed E-state index contributed by atoms with van der Waals surface area (Å²) < 4.78 is 74.6. The number of pyridine rings is 2. The fourth-order valence-electron chi connectivity index (χ4n) is 6.81. The number of anilines is 3. The summed E-state index contributed by atoms with van der Waals surface area (Å²) in [6.45, 7) is 3.26. The first-order chi connectivity index (χ1) is 27.5. The molecular formula is C40H35F3N6O8S. The molecule has 2 aromatic heterocycles. The smallest absolute Gasteiger partial charge is 0.497 e. The average Bonchev–Trinajstić information content (AvgIpc) is 3.50. The minimum Gasteiger partial charge on any atom is -0.497 e. The molecule has 3 N–H and O–H groups in total. The minimum absolute atomic E-state index is 0.187. The molecule has 300 valence electrons. The number of nitrogens with one attached hydrogen (secondary N) is 3. The van der Waals surface area contributed by atoms with Crippen LogP contribution in [-0.2, 0) is 14.6 Å².